The summed E-state index contributed by atoms with van der Waals surface area (Å²) in [6, 6.07) is 16.1. The van der Waals surface area contributed by atoms with E-state index < -0.39 is 5.97 Å². The van der Waals surface area contributed by atoms with Crippen molar-refractivity contribution < 1.29 is 9.53 Å². The van der Waals surface area contributed by atoms with Crippen LogP contribution < -0.4 is 4.74 Å². The molecule has 0 aliphatic carbocycles. The molecular weight excluding hydrogens is 344 g/mol. The van der Waals surface area contributed by atoms with E-state index in [1.165, 1.54) is 11.0 Å². The van der Waals surface area contributed by atoms with Gasteiger partial charge in [-0.3, -0.25) is 0 Å². The Kier molecular flexibility index (Phi) is 4.21. The number of rotatable bonds is 4. The molecule has 0 amide bonds. The maximum Gasteiger partial charge on any atom is 0.343 e. The van der Waals surface area contributed by atoms with Crippen molar-refractivity contribution in [2.75, 3.05) is 0 Å². The van der Waals surface area contributed by atoms with Crippen molar-refractivity contribution in [2.24, 2.45) is 0 Å². The minimum atomic E-state index is -0.426. The second-order valence-electron chi connectivity index (χ2n) is 6.02. The van der Waals surface area contributed by atoms with Crippen LogP contribution >= 0.6 is 0 Å². The molecule has 2 aromatic heterocycles. The van der Waals surface area contributed by atoms with Crippen LogP contribution in [0.15, 0.2) is 60.9 Å². The van der Waals surface area contributed by atoms with Gasteiger partial charge in [0.25, 0.3) is 0 Å². The van der Waals surface area contributed by atoms with Gasteiger partial charge in [-0.2, -0.15) is 5.10 Å². The Labute approximate surface area is 155 Å². The largest absolute Gasteiger partial charge is 0.423 e. The van der Waals surface area contributed by atoms with Gasteiger partial charge >= 0.3 is 5.97 Å². The summed E-state index contributed by atoms with van der Waals surface area (Å²) in [6.45, 7) is 3.93. The van der Waals surface area contributed by atoms with Crippen LogP contribution in [0.2, 0.25) is 0 Å². The predicted octanol–water partition coefficient (Wildman–Crippen LogP) is 2.68. The van der Waals surface area contributed by atoms with E-state index in [0.29, 0.717) is 11.3 Å². The molecule has 0 radical (unpaired) electrons. The lowest BCUT2D eigenvalue weighted by Gasteiger charge is -2.07. The number of hydrogen-bond donors (Lipinski definition) is 0. The average molecular weight is 360 g/mol. The summed E-state index contributed by atoms with van der Waals surface area (Å²) < 4.78 is 8.78. The third-order valence-electron chi connectivity index (χ3n) is 4.02. The molecule has 0 spiro atoms. The first-order valence-electron chi connectivity index (χ1n) is 8.29. The van der Waals surface area contributed by atoms with Crippen LogP contribution in [0.1, 0.15) is 21.7 Å². The van der Waals surface area contributed by atoms with Crippen LogP contribution in [0.3, 0.4) is 0 Å². The maximum atomic E-state index is 12.4. The fourth-order valence-electron chi connectivity index (χ4n) is 2.74. The molecule has 4 aromatic rings. The van der Waals surface area contributed by atoms with Gasteiger partial charge in [-0.1, -0.05) is 0 Å². The molecule has 0 aliphatic rings. The summed E-state index contributed by atoms with van der Waals surface area (Å²) in [4.78, 5) is 12.4. The standard InChI is InChI=1S/C19H16N6O2/c1-13-11-14(2)25(21-13)17-5-3-15(4-6-17)19(26)27-18-9-7-16(8-10-18)24-12-20-22-23-24/h3-12H,1-2H3. The number of tetrazole rings is 1. The molecule has 0 saturated heterocycles. The quantitative estimate of drug-likeness (QED) is 0.411. The minimum Gasteiger partial charge on any atom is -0.423 e. The van der Waals surface area contributed by atoms with Gasteiger partial charge in [0.15, 0.2) is 0 Å². The second-order valence-corrected chi connectivity index (χ2v) is 6.02. The molecule has 0 aliphatic heterocycles. The number of hydrogen-bond acceptors (Lipinski definition) is 6. The molecule has 27 heavy (non-hydrogen) atoms. The van der Waals surface area contributed by atoms with Gasteiger partial charge in [0, 0.05) is 5.69 Å². The molecule has 4 rings (SSSR count). The van der Waals surface area contributed by atoms with Crippen LogP contribution in [0.5, 0.6) is 5.75 Å². The van der Waals surface area contributed by atoms with Gasteiger partial charge in [-0.25, -0.2) is 14.2 Å². The van der Waals surface area contributed by atoms with E-state index in [2.05, 4.69) is 20.6 Å². The summed E-state index contributed by atoms with van der Waals surface area (Å²) in [5, 5.41) is 15.4. The van der Waals surface area contributed by atoms with E-state index >= 15 is 0 Å². The molecule has 8 heteroatoms. The first kappa shape index (κ1) is 16.6. The predicted molar refractivity (Wildman–Crippen MR) is 97.2 cm³/mol. The highest BCUT2D eigenvalue weighted by molar-refractivity contribution is 5.91. The summed E-state index contributed by atoms with van der Waals surface area (Å²) in [5.74, 6) is 0.0181. The normalized spacial score (nSPS) is 10.7. The fourth-order valence-corrected chi connectivity index (χ4v) is 2.74. The smallest absolute Gasteiger partial charge is 0.343 e. The van der Waals surface area contributed by atoms with Crippen molar-refractivity contribution in [3.8, 4) is 17.1 Å². The third-order valence-corrected chi connectivity index (χ3v) is 4.02. The molecule has 2 heterocycles. The first-order valence-corrected chi connectivity index (χ1v) is 8.29. The van der Waals surface area contributed by atoms with Gasteiger partial charge in [0.05, 0.1) is 22.6 Å². The summed E-state index contributed by atoms with van der Waals surface area (Å²) in [7, 11) is 0. The highest BCUT2D eigenvalue weighted by Crippen LogP contribution is 2.17. The Morgan fingerprint density at radius 1 is 0.963 bits per heavy atom. The Morgan fingerprint density at radius 2 is 1.67 bits per heavy atom. The van der Waals surface area contributed by atoms with E-state index in [0.717, 1.165) is 22.8 Å². The van der Waals surface area contributed by atoms with Crippen molar-refractivity contribution in [2.45, 2.75) is 13.8 Å². The molecule has 0 fully saturated rings. The first-order chi connectivity index (χ1) is 13.1. The van der Waals surface area contributed by atoms with Crippen LogP contribution in [-0.4, -0.2) is 36.0 Å². The number of nitrogens with zero attached hydrogens (tertiary/aromatic N) is 6. The SMILES string of the molecule is Cc1cc(C)n(-c2ccc(C(=O)Oc3ccc(-n4cnnn4)cc3)cc2)n1. The van der Waals surface area contributed by atoms with Crippen LogP contribution in [0.4, 0.5) is 0 Å². The summed E-state index contributed by atoms with van der Waals surface area (Å²) in [6.07, 6.45) is 1.49. The number of aromatic nitrogens is 6. The van der Waals surface area contributed by atoms with Crippen molar-refractivity contribution in [1.29, 1.82) is 0 Å². The zero-order valence-electron chi connectivity index (χ0n) is 14.8. The lowest BCUT2D eigenvalue weighted by Crippen LogP contribution is -2.09. The highest BCUT2D eigenvalue weighted by atomic mass is 16.5. The van der Waals surface area contributed by atoms with Gasteiger partial charge in [0.2, 0.25) is 0 Å². The number of esters is 1. The number of benzene rings is 2. The molecule has 0 saturated carbocycles. The number of aryl methyl sites for hydroxylation is 2. The van der Waals surface area contributed by atoms with Crippen LogP contribution in [0.25, 0.3) is 11.4 Å². The second kappa shape index (κ2) is 6.83. The highest BCUT2D eigenvalue weighted by Gasteiger charge is 2.10. The molecule has 134 valence electrons. The van der Waals surface area contributed by atoms with Gasteiger partial charge in [-0.05, 0) is 78.9 Å². The molecule has 8 nitrogen and oxygen atoms in total. The van der Waals surface area contributed by atoms with Crippen molar-refractivity contribution >= 4 is 5.97 Å². The third kappa shape index (κ3) is 3.45. The van der Waals surface area contributed by atoms with Gasteiger partial charge in [0.1, 0.15) is 12.1 Å². The monoisotopic (exact) mass is 360 g/mol. The molecular formula is C19H16N6O2. The van der Waals surface area contributed by atoms with Crippen molar-refractivity contribution in [3.05, 3.63) is 77.9 Å². The van der Waals surface area contributed by atoms with Gasteiger partial charge < -0.3 is 4.74 Å². The van der Waals surface area contributed by atoms with Crippen LogP contribution in [0, 0.1) is 13.8 Å². The topological polar surface area (TPSA) is 87.7 Å². The van der Waals surface area contributed by atoms with Crippen molar-refractivity contribution in [3.63, 3.8) is 0 Å². The Balaban J connectivity index is 1.47. The maximum absolute atomic E-state index is 12.4. The Bertz CT molecular complexity index is 1070. The van der Waals surface area contributed by atoms with Gasteiger partial charge in [-0.15, -0.1) is 5.10 Å². The molecule has 0 N–H and O–H groups in total. The van der Waals surface area contributed by atoms with E-state index in [4.69, 9.17) is 4.74 Å². The Morgan fingerprint density at radius 3 is 2.26 bits per heavy atom. The van der Waals surface area contributed by atoms with E-state index in [-0.39, 0.29) is 0 Å². The zero-order valence-corrected chi connectivity index (χ0v) is 14.8. The Hall–Kier alpha value is -3.81. The van der Waals surface area contributed by atoms with E-state index in [1.807, 2.05) is 36.7 Å². The molecule has 0 bridgehead atoms. The number of carbonyl (C=O) groups is 1. The zero-order chi connectivity index (χ0) is 18.8. The van der Waals surface area contributed by atoms with Crippen molar-refractivity contribution in [1.82, 2.24) is 30.0 Å². The van der Waals surface area contributed by atoms with E-state index in [1.54, 1.807) is 36.4 Å². The fraction of sp³-hybridized carbons (Fsp3) is 0.105. The molecule has 0 unspecified atom stereocenters. The number of carbonyl (C=O) groups excluding carboxylic acids is 1. The lowest BCUT2D eigenvalue weighted by molar-refractivity contribution is 0.0735. The minimum absolute atomic E-state index is 0.426. The van der Waals surface area contributed by atoms with Crippen LogP contribution in [-0.2, 0) is 0 Å². The average Bonchev–Trinajstić information content (AvgIpc) is 3.32. The summed E-state index contributed by atoms with van der Waals surface area (Å²) >= 11 is 0. The molecule has 2 aromatic carbocycles. The summed E-state index contributed by atoms with van der Waals surface area (Å²) in [5.41, 5.74) is 4.11. The number of ether oxygens (including phenoxy) is 1. The van der Waals surface area contributed by atoms with E-state index in [9.17, 15) is 4.79 Å². The molecule has 0 atom stereocenters. The lowest BCUT2D eigenvalue weighted by atomic mass is 10.2.